The first-order chi connectivity index (χ1) is 12.1. The maximum absolute atomic E-state index is 13.0. The van der Waals surface area contributed by atoms with E-state index in [-0.39, 0.29) is 18.3 Å². The van der Waals surface area contributed by atoms with E-state index in [0.29, 0.717) is 37.3 Å². The van der Waals surface area contributed by atoms with Crippen molar-refractivity contribution in [1.29, 1.82) is 0 Å². The monoisotopic (exact) mass is 346 g/mol. The number of hydrogen-bond donors (Lipinski definition) is 0. The van der Waals surface area contributed by atoms with Gasteiger partial charge in [-0.3, -0.25) is 4.79 Å². The number of piperazine rings is 1. The third-order valence-electron chi connectivity index (χ3n) is 3.97. The van der Waals surface area contributed by atoms with Crippen LogP contribution in [0.4, 0.5) is 10.3 Å². The maximum Gasteiger partial charge on any atom is 0.242 e. The van der Waals surface area contributed by atoms with Crippen molar-refractivity contribution < 1.29 is 18.7 Å². The molecule has 0 spiro atoms. The fourth-order valence-electron chi connectivity index (χ4n) is 2.60. The summed E-state index contributed by atoms with van der Waals surface area (Å²) in [7, 11) is 3.02. The Hall–Kier alpha value is -2.90. The Morgan fingerprint density at radius 2 is 1.72 bits per heavy atom. The number of carbonyl (C=O) groups is 1. The first-order valence-corrected chi connectivity index (χ1v) is 7.83. The van der Waals surface area contributed by atoms with Gasteiger partial charge in [0.2, 0.25) is 23.6 Å². The van der Waals surface area contributed by atoms with Crippen LogP contribution in [0.25, 0.3) is 0 Å². The van der Waals surface area contributed by atoms with Crippen LogP contribution in [0.3, 0.4) is 0 Å². The van der Waals surface area contributed by atoms with Crippen LogP contribution in [0, 0.1) is 5.82 Å². The molecule has 0 unspecified atom stereocenters. The van der Waals surface area contributed by atoms with Crippen LogP contribution in [0.1, 0.15) is 5.56 Å². The smallest absolute Gasteiger partial charge is 0.242 e. The fourth-order valence-corrected chi connectivity index (χ4v) is 2.60. The number of anilines is 1. The Balaban J connectivity index is 1.69. The highest BCUT2D eigenvalue weighted by molar-refractivity contribution is 5.82. The van der Waals surface area contributed by atoms with Crippen molar-refractivity contribution in [1.82, 2.24) is 14.9 Å². The number of rotatable bonds is 5. The molecule has 2 aromatic rings. The second-order valence-corrected chi connectivity index (χ2v) is 5.62. The van der Waals surface area contributed by atoms with Gasteiger partial charge in [0.1, 0.15) is 12.4 Å². The van der Waals surface area contributed by atoms with E-state index in [1.165, 1.54) is 26.4 Å². The summed E-state index contributed by atoms with van der Waals surface area (Å²) in [5.41, 5.74) is 0.891. The van der Waals surface area contributed by atoms with Crippen LogP contribution in [0.2, 0.25) is 0 Å². The average molecular weight is 346 g/mol. The third kappa shape index (κ3) is 3.96. The Morgan fingerprint density at radius 3 is 2.28 bits per heavy atom. The summed E-state index contributed by atoms with van der Waals surface area (Å²) < 4.78 is 23.3. The molecule has 1 aromatic carbocycles. The van der Waals surface area contributed by atoms with Crippen LogP contribution in [0.15, 0.2) is 30.3 Å². The third-order valence-corrected chi connectivity index (χ3v) is 3.97. The molecule has 132 valence electrons. The summed E-state index contributed by atoms with van der Waals surface area (Å²) in [5.74, 6) is 0.821. The predicted molar refractivity (Wildman–Crippen MR) is 89.2 cm³/mol. The van der Waals surface area contributed by atoms with Gasteiger partial charge < -0.3 is 19.3 Å². The maximum atomic E-state index is 13.0. The largest absolute Gasteiger partial charge is 0.481 e. The highest BCUT2D eigenvalue weighted by Crippen LogP contribution is 2.21. The molecule has 1 aliphatic heterocycles. The Morgan fingerprint density at radius 1 is 1.08 bits per heavy atom. The van der Waals surface area contributed by atoms with Gasteiger partial charge in [0.25, 0.3) is 0 Å². The lowest BCUT2D eigenvalue weighted by Crippen LogP contribution is -2.50. The number of halogens is 1. The molecule has 0 saturated carbocycles. The molecule has 1 aromatic heterocycles. The number of ether oxygens (including phenoxy) is 2. The predicted octanol–water partition coefficient (Wildman–Crippen LogP) is 1.48. The van der Waals surface area contributed by atoms with Crippen molar-refractivity contribution in [2.24, 2.45) is 0 Å². The van der Waals surface area contributed by atoms with Gasteiger partial charge in [0.05, 0.1) is 20.3 Å². The van der Waals surface area contributed by atoms with E-state index in [4.69, 9.17) is 9.47 Å². The summed E-state index contributed by atoms with van der Waals surface area (Å²) in [6.07, 6.45) is 0. The van der Waals surface area contributed by atoms with E-state index in [2.05, 4.69) is 9.97 Å². The standard InChI is InChI=1S/C17H19FN4O3/c1-24-14-9-15(25-2)20-17(19-14)22-8-7-21(16(23)11-22)10-12-3-5-13(18)6-4-12/h3-6,9H,7-8,10-11H2,1-2H3. The second-order valence-electron chi connectivity index (χ2n) is 5.62. The van der Waals surface area contributed by atoms with Crippen molar-refractivity contribution in [3.05, 3.63) is 41.7 Å². The highest BCUT2D eigenvalue weighted by Gasteiger charge is 2.26. The Bertz CT molecular complexity index is 732. The van der Waals surface area contributed by atoms with Gasteiger partial charge in [-0.05, 0) is 17.7 Å². The Labute approximate surface area is 145 Å². The van der Waals surface area contributed by atoms with Gasteiger partial charge in [-0.25, -0.2) is 4.39 Å². The van der Waals surface area contributed by atoms with Crippen molar-refractivity contribution >= 4 is 11.9 Å². The first-order valence-electron chi connectivity index (χ1n) is 7.83. The van der Waals surface area contributed by atoms with Gasteiger partial charge in [-0.2, -0.15) is 9.97 Å². The second kappa shape index (κ2) is 7.33. The zero-order valence-electron chi connectivity index (χ0n) is 14.1. The van der Waals surface area contributed by atoms with Gasteiger partial charge >= 0.3 is 0 Å². The highest BCUT2D eigenvalue weighted by atomic mass is 19.1. The van der Waals surface area contributed by atoms with Crippen LogP contribution in [-0.2, 0) is 11.3 Å². The molecule has 0 atom stereocenters. The Kier molecular flexibility index (Phi) is 4.97. The molecule has 7 nitrogen and oxygen atoms in total. The zero-order chi connectivity index (χ0) is 17.8. The molecule has 25 heavy (non-hydrogen) atoms. The van der Waals surface area contributed by atoms with E-state index >= 15 is 0 Å². The lowest BCUT2D eigenvalue weighted by atomic mass is 10.2. The molecule has 0 N–H and O–H groups in total. The normalized spacial score (nSPS) is 14.6. The molecule has 1 aliphatic rings. The van der Waals surface area contributed by atoms with Gasteiger partial charge in [0.15, 0.2) is 0 Å². The summed E-state index contributed by atoms with van der Waals surface area (Å²) in [6.45, 7) is 1.73. The number of nitrogens with zero attached hydrogens (tertiary/aromatic N) is 4. The lowest BCUT2D eigenvalue weighted by molar-refractivity contribution is -0.131. The number of methoxy groups -OCH3 is 2. The molecule has 3 rings (SSSR count). The fraction of sp³-hybridized carbons (Fsp3) is 0.353. The van der Waals surface area contributed by atoms with Crippen LogP contribution in [-0.4, -0.2) is 54.6 Å². The molecule has 1 fully saturated rings. The first kappa shape index (κ1) is 16.9. The SMILES string of the molecule is COc1cc(OC)nc(N2CCN(Cc3ccc(F)cc3)C(=O)C2)n1. The minimum absolute atomic E-state index is 0.0408. The summed E-state index contributed by atoms with van der Waals surface area (Å²) >= 11 is 0. The van der Waals surface area contributed by atoms with Gasteiger partial charge in [-0.1, -0.05) is 12.1 Å². The van der Waals surface area contributed by atoms with Gasteiger partial charge in [0, 0.05) is 19.6 Å². The molecule has 1 amide bonds. The van der Waals surface area contributed by atoms with E-state index in [1.807, 2.05) is 0 Å². The van der Waals surface area contributed by atoms with Gasteiger partial charge in [-0.15, -0.1) is 0 Å². The topological polar surface area (TPSA) is 67.8 Å². The van der Waals surface area contributed by atoms with Crippen LogP contribution >= 0.6 is 0 Å². The molecule has 8 heteroatoms. The van der Waals surface area contributed by atoms with E-state index in [9.17, 15) is 9.18 Å². The molecule has 2 heterocycles. The lowest BCUT2D eigenvalue weighted by Gasteiger charge is -2.34. The number of aromatic nitrogens is 2. The van der Waals surface area contributed by atoms with E-state index in [1.54, 1.807) is 28.0 Å². The van der Waals surface area contributed by atoms with Crippen molar-refractivity contribution in [2.45, 2.75) is 6.54 Å². The molecular formula is C17H19FN4O3. The summed E-state index contributed by atoms with van der Waals surface area (Å²) in [4.78, 5) is 24.5. The molecule has 1 saturated heterocycles. The van der Waals surface area contributed by atoms with Crippen LogP contribution in [0.5, 0.6) is 11.8 Å². The number of carbonyl (C=O) groups excluding carboxylic acids is 1. The number of hydrogen-bond acceptors (Lipinski definition) is 6. The molecule has 0 bridgehead atoms. The number of amides is 1. The van der Waals surface area contributed by atoms with E-state index in [0.717, 1.165) is 5.56 Å². The number of benzene rings is 1. The molecule has 0 aliphatic carbocycles. The minimum Gasteiger partial charge on any atom is -0.481 e. The molecular weight excluding hydrogens is 327 g/mol. The summed E-state index contributed by atoms with van der Waals surface area (Å²) in [6, 6.07) is 7.74. The van der Waals surface area contributed by atoms with Crippen molar-refractivity contribution in [3.8, 4) is 11.8 Å². The van der Waals surface area contributed by atoms with E-state index < -0.39 is 0 Å². The average Bonchev–Trinajstić information content (AvgIpc) is 2.64. The van der Waals surface area contributed by atoms with Crippen LogP contribution < -0.4 is 14.4 Å². The quantitative estimate of drug-likeness (QED) is 0.817. The minimum atomic E-state index is -0.288. The van der Waals surface area contributed by atoms with Crippen molar-refractivity contribution in [2.75, 3.05) is 38.8 Å². The molecule has 0 radical (unpaired) electrons. The summed E-state index contributed by atoms with van der Waals surface area (Å²) in [5, 5.41) is 0. The van der Waals surface area contributed by atoms with Crippen molar-refractivity contribution in [3.63, 3.8) is 0 Å². The zero-order valence-corrected chi connectivity index (χ0v) is 14.1.